The number of nitrogens with two attached hydrogens (primary N) is 1. The van der Waals surface area contributed by atoms with Crippen LogP contribution in [-0.4, -0.2) is 32.9 Å². The average Bonchev–Trinajstić information content (AvgIpc) is 2.15. The van der Waals surface area contributed by atoms with Gasteiger partial charge >= 0.3 is 0 Å². The molecule has 4 nitrogen and oxygen atoms in total. The number of hydrogen-bond acceptors (Lipinski definition) is 3. The lowest BCUT2D eigenvalue weighted by atomic mass is 10.4. The number of likely N-dealkylation sites (N-methyl/N-ethyl adjacent to an activating group) is 1. The Kier molecular flexibility index (Phi) is 5.07. The Labute approximate surface area is 115 Å². The molecule has 0 saturated heterocycles. The van der Waals surface area contributed by atoms with Crippen LogP contribution in [0.1, 0.15) is 0 Å². The highest BCUT2D eigenvalue weighted by Gasteiger charge is 2.26. The van der Waals surface area contributed by atoms with Gasteiger partial charge in [0.2, 0.25) is 10.0 Å². The van der Waals surface area contributed by atoms with Crippen molar-refractivity contribution in [1.82, 2.24) is 4.31 Å². The van der Waals surface area contributed by atoms with Crippen LogP contribution in [0.25, 0.3) is 0 Å². The lowest BCUT2D eigenvalue weighted by Gasteiger charge is -2.18. The molecule has 1 aromatic carbocycles. The van der Waals surface area contributed by atoms with Crippen LogP contribution >= 0.6 is 34.8 Å². The first-order valence-corrected chi connectivity index (χ1v) is 7.19. The van der Waals surface area contributed by atoms with Gasteiger partial charge in [-0.25, -0.2) is 8.42 Å². The Balaban J connectivity index is 3.34. The highest BCUT2D eigenvalue weighted by atomic mass is 35.5. The molecule has 0 aliphatic heterocycles. The third-order valence-electron chi connectivity index (χ3n) is 2.08. The van der Waals surface area contributed by atoms with Crippen molar-refractivity contribution in [2.75, 3.05) is 20.1 Å². The van der Waals surface area contributed by atoms with Gasteiger partial charge in [-0.1, -0.05) is 34.8 Å². The Morgan fingerprint density at radius 3 is 2.12 bits per heavy atom. The smallest absolute Gasteiger partial charge is 0.245 e. The summed E-state index contributed by atoms with van der Waals surface area (Å²) in [5.74, 6) is 0. The van der Waals surface area contributed by atoms with Crippen molar-refractivity contribution in [2.45, 2.75) is 4.90 Å². The van der Waals surface area contributed by atoms with Gasteiger partial charge in [0.1, 0.15) is 4.90 Å². The SMILES string of the molecule is CN(CCN)S(=O)(=O)c1c(Cl)cc(Cl)cc1Cl. The van der Waals surface area contributed by atoms with Gasteiger partial charge in [-0.2, -0.15) is 4.31 Å². The fraction of sp³-hybridized carbons (Fsp3) is 0.333. The predicted molar refractivity (Wildman–Crippen MR) is 70.3 cm³/mol. The van der Waals surface area contributed by atoms with Gasteiger partial charge in [-0.15, -0.1) is 0 Å². The normalized spacial score (nSPS) is 12.1. The molecule has 0 aromatic heterocycles. The topological polar surface area (TPSA) is 63.4 Å². The van der Waals surface area contributed by atoms with Crippen LogP contribution in [0.15, 0.2) is 17.0 Å². The molecule has 0 bridgehead atoms. The van der Waals surface area contributed by atoms with E-state index in [9.17, 15) is 8.42 Å². The summed E-state index contributed by atoms with van der Waals surface area (Å²) in [4.78, 5) is -0.152. The standard InChI is InChI=1S/C9H11Cl3N2O2S/c1-14(3-2-13)17(15,16)9-7(11)4-6(10)5-8(9)12/h4-5H,2-3,13H2,1H3. The van der Waals surface area contributed by atoms with Crippen LogP contribution in [0, 0.1) is 0 Å². The van der Waals surface area contributed by atoms with Crippen LogP contribution in [0.5, 0.6) is 0 Å². The monoisotopic (exact) mass is 316 g/mol. The second-order valence-corrected chi connectivity index (χ2v) is 6.55. The minimum Gasteiger partial charge on any atom is -0.329 e. The summed E-state index contributed by atoms with van der Waals surface area (Å²) in [7, 11) is -2.34. The highest BCUT2D eigenvalue weighted by Crippen LogP contribution is 2.34. The van der Waals surface area contributed by atoms with Crippen molar-refractivity contribution in [3.63, 3.8) is 0 Å². The van der Waals surface area contributed by atoms with Gasteiger partial charge in [0.15, 0.2) is 0 Å². The number of sulfonamides is 1. The average molecular weight is 318 g/mol. The summed E-state index contributed by atoms with van der Waals surface area (Å²) < 4.78 is 25.4. The summed E-state index contributed by atoms with van der Waals surface area (Å²) >= 11 is 17.4. The number of nitrogens with zero attached hydrogens (tertiary/aromatic N) is 1. The van der Waals surface area contributed by atoms with E-state index in [1.807, 2.05) is 0 Å². The van der Waals surface area contributed by atoms with Crippen molar-refractivity contribution < 1.29 is 8.42 Å². The summed E-state index contributed by atoms with van der Waals surface area (Å²) in [5.41, 5.74) is 5.31. The lowest BCUT2D eigenvalue weighted by Crippen LogP contribution is -2.32. The van der Waals surface area contributed by atoms with E-state index in [4.69, 9.17) is 40.5 Å². The zero-order chi connectivity index (χ0) is 13.2. The molecule has 0 unspecified atom stereocenters. The number of hydrogen-bond donors (Lipinski definition) is 1. The lowest BCUT2D eigenvalue weighted by molar-refractivity contribution is 0.477. The number of rotatable bonds is 4. The molecule has 96 valence electrons. The predicted octanol–water partition coefficient (Wildman–Crippen LogP) is 2.23. The summed E-state index contributed by atoms with van der Waals surface area (Å²) in [6.07, 6.45) is 0. The van der Waals surface area contributed by atoms with E-state index in [1.54, 1.807) is 0 Å². The second-order valence-electron chi connectivity index (χ2n) is 3.31. The first kappa shape index (κ1) is 15.0. The first-order chi connectivity index (χ1) is 7.80. The number of halogens is 3. The van der Waals surface area contributed by atoms with Gasteiger partial charge in [0.25, 0.3) is 0 Å². The maximum atomic E-state index is 12.1. The van der Waals surface area contributed by atoms with E-state index >= 15 is 0 Å². The number of benzene rings is 1. The van der Waals surface area contributed by atoms with Gasteiger partial charge in [0.05, 0.1) is 10.0 Å². The van der Waals surface area contributed by atoms with Crippen LogP contribution in [-0.2, 0) is 10.0 Å². The largest absolute Gasteiger partial charge is 0.329 e. The molecule has 17 heavy (non-hydrogen) atoms. The van der Waals surface area contributed by atoms with Crippen LogP contribution in [0.4, 0.5) is 0 Å². The summed E-state index contributed by atoms with van der Waals surface area (Å²) in [5, 5.41) is 0.262. The zero-order valence-electron chi connectivity index (χ0n) is 8.95. The molecule has 0 fully saturated rings. The Morgan fingerprint density at radius 1 is 1.24 bits per heavy atom. The van der Waals surface area contributed by atoms with Crippen molar-refractivity contribution in [2.24, 2.45) is 5.73 Å². The molecule has 0 atom stereocenters. The third kappa shape index (κ3) is 3.24. The van der Waals surface area contributed by atoms with E-state index in [2.05, 4.69) is 0 Å². The molecule has 1 aromatic rings. The van der Waals surface area contributed by atoms with Gasteiger partial charge in [-0.05, 0) is 12.1 Å². The molecule has 0 amide bonds. The maximum absolute atomic E-state index is 12.1. The van der Waals surface area contributed by atoms with Gasteiger partial charge < -0.3 is 5.73 Å². The zero-order valence-corrected chi connectivity index (χ0v) is 12.0. The van der Waals surface area contributed by atoms with E-state index in [0.29, 0.717) is 0 Å². The Hall–Kier alpha value is -0.0400. The van der Waals surface area contributed by atoms with E-state index in [0.717, 1.165) is 4.31 Å². The molecule has 8 heteroatoms. The van der Waals surface area contributed by atoms with E-state index in [1.165, 1.54) is 19.2 Å². The van der Waals surface area contributed by atoms with E-state index in [-0.39, 0.29) is 33.1 Å². The Bertz CT molecular complexity index is 496. The highest BCUT2D eigenvalue weighted by molar-refractivity contribution is 7.89. The molecule has 0 saturated carbocycles. The molecule has 0 spiro atoms. The molecule has 0 radical (unpaired) electrons. The van der Waals surface area contributed by atoms with Crippen LogP contribution in [0.2, 0.25) is 15.1 Å². The van der Waals surface area contributed by atoms with Crippen LogP contribution in [0.3, 0.4) is 0 Å². The fourth-order valence-corrected chi connectivity index (χ4v) is 3.90. The summed E-state index contributed by atoms with van der Waals surface area (Å²) in [6.45, 7) is 0.385. The molecule has 0 aliphatic carbocycles. The molecule has 1 rings (SSSR count). The maximum Gasteiger partial charge on any atom is 0.245 e. The minimum atomic E-state index is -3.75. The van der Waals surface area contributed by atoms with Crippen molar-refractivity contribution >= 4 is 44.8 Å². The molecule has 0 aliphatic rings. The van der Waals surface area contributed by atoms with E-state index < -0.39 is 10.0 Å². The van der Waals surface area contributed by atoms with Gasteiger partial charge in [0, 0.05) is 25.2 Å². The second kappa shape index (κ2) is 5.73. The molecular formula is C9H11Cl3N2O2S. The Morgan fingerprint density at radius 2 is 1.71 bits per heavy atom. The molecule has 2 N–H and O–H groups in total. The first-order valence-electron chi connectivity index (χ1n) is 4.61. The third-order valence-corrected chi connectivity index (χ3v) is 5.07. The molecular weight excluding hydrogens is 307 g/mol. The minimum absolute atomic E-state index is 0.00799. The molecule has 0 heterocycles. The fourth-order valence-electron chi connectivity index (χ4n) is 1.23. The van der Waals surface area contributed by atoms with Crippen molar-refractivity contribution in [3.05, 3.63) is 27.2 Å². The van der Waals surface area contributed by atoms with Crippen molar-refractivity contribution in [3.8, 4) is 0 Å². The van der Waals surface area contributed by atoms with Gasteiger partial charge in [-0.3, -0.25) is 0 Å². The quantitative estimate of drug-likeness (QED) is 0.926. The summed E-state index contributed by atoms with van der Waals surface area (Å²) in [6, 6.07) is 2.66. The van der Waals surface area contributed by atoms with Crippen molar-refractivity contribution in [1.29, 1.82) is 0 Å². The van der Waals surface area contributed by atoms with Crippen LogP contribution < -0.4 is 5.73 Å².